The topological polar surface area (TPSA) is 29.1 Å². The molecule has 1 saturated carbocycles. The molecule has 72 valence electrons. The highest BCUT2D eigenvalue weighted by Crippen LogP contribution is 2.49. The van der Waals surface area contributed by atoms with Crippen LogP contribution >= 0.6 is 0 Å². The Balaban J connectivity index is 1.68. The van der Waals surface area contributed by atoms with E-state index < -0.39 is 0 Å². The van der Waals surface area contributed by atoms with E-state index >= 15 is 0 Å². The summed E-state index contributed by atoms with van der Waals surface area (Å²) in [6, 6.07) is 10.6. The highest BCUT2D eigenvalue weighted by Gasteiger charge is 2.52. The summed E-state index contributed by atoms with van der Waals surface area (Å²) in [7, 11) is 0. The Labute approximate surface area is 83.3 Å². The summed E-state index contributed by atoms with van der Waals surface area (Å²) in [5.41, 5.74) is 1.61. The van der Waals surface area contributed by atoms with Crippen LogP contribution in [0.15, 0.2) is 30.3 Å². The van der Waals surface area contributed by atoms with Gasteiger partial charge in [0.25, 0.3) is 0 Å². The van der Waals surface area contributed by atoms with Gasteiger partial charge in [-0.15, -0.1) is 0 Å². The fourth-order valence-corrected chi connectivity index (χ4v) is 2.68. The van der Waals surface area contributed by atoms with Gasteiger partial charge in [0.2, 0.25) is 5.91 Å². The van der Waals surface area contributed by atoms with Crippen molar-refractivity contribution in [2.45, 2.75) is 30.7 Å². The van der Waals surface area contributed by atoms with Gasteiger partial charge in [0, 0.05) is 12.0 Å². The first-order valence-electron chi connectivity index (χ1n) is 5.13. The maximum absolute atomic E-state index is 10.8. The first-order chi connectivity index (χ1) is 6.77. The molecule has 1 saturated heterocycles. The van der Waals surface area contributed by atoms with Crippen molar-refractivity contribution >= 4 is 5.91 Å². The lowest BCUT2D eigenvalue weighted by molar-refractivity contribution is -0.137. The monoisotopic (exact) mass is 187 g/mol. The van der Waals surface area contributed by atoms with E-state index in [4.69, 9.17) is 0 Å². The number of carbonyl (C=O) groups excluding carboxylic acids is 1. The molecule has 0 atom stereocenters. The van der Waals surface area contributed by atoms with Gasteiger partial charge >= 0.3 is 0 Å². The first-order valence-corrected chi connectivity index (χ1v) is 5.13. The fraction of sp³-hybridized carbons (Fsp3) is 0.417. The van der Waals surface area contributed by atoms with Gasteiger partial charge in [-0.2, -0.15) is 0 Å². The normalized spacial score (nSPS) is 34.6. The van der Waals surface area contributed by atoms with Gasteiger partial charge in [-0.1, -0.05) is 30.3 Å². The minimum atomic E-state index is 0.192. The van der Waals surface area contributed by atoms with Gasteiger partial charge in [-0.25, -0.2) is 0 Å². The molecule has 2 aliphatic rings. The molecule has 1 spiro atoms. The molecule has 1 amide bonds. The molecule has 1 N–H and O–H groups in total. The minimum Gasteiger partial charge on any atom is -0.350 e. The van der Waals surface area contributed by atoms with Crippen LogP contribution < -0.4 is 5.32 Å². The molecule has 2 nitrogen and oxygen atoms in total. The molecule has 3 rings (SSSR count). The van der Waals surface area contributed by atoms with Crippen molar-refractivity contribution < 1.29 is 4.79 Å². The van der Waals surface area contributed by atoms with E-state index in [1.807, 2.05) is 6.07 Å². The zero-order chi connectivity index (χ0) is 9.60. The van der Waals surface area contributed by atoms with Crippen LogP contribution in [0.4, 0.5) is 0 Å². The van der Waals surface area contributed by atoms with Crippen LogP contribution in [-0.2, 0) is 4.79 Å². The van der Waals surface area contributed by atoms with E-state index in [2.05, 4.69) is 29.6 Å². The van der Waals surface area contributed by atoms with Gasteiger partial charge < -0.3 is 5.32 Å². The van der Waals surface area contributed by atoms with Crippen LogP contribution in [0.1, 0.15) is 30.7 Å². The molecule has 1 aromatic rings. The molecule has 0 radical (unpaired) electrons. The predicted octanol–water partition coefficient (Wildman–Crippen LogP) is 1.82. The van der Waals surface area contributed by atoms with Crippen molar-refractivity contribution in [3.8, 4) is 0 Å². The number of benzene rings is 1. The number of rotatable bonds is 1. The van der Waals surface area contributed by atoms with Crippen LogP contribution in [-0.4, -0.2) is 11.4 Å². The molecule has 14 heavy (non-hydrogen) atoms. The lowest BCUT2D eigenvalue weighted by Crippen LogP contribution is -2.66. The van der Waals surface area contributed by atoms with Crippen molar-refractivity contribution in [2.75, 3.05) is 0 Å². The van der Waals surface area contributed by atoms with Crippen LogP contribution in [0.25, 0.3) is 0 Å². The molecule has 0 bridgehead atoms. The Hall–Kier alpha value is -1.31. The number of amides is 1. The van der Waals surface area contributed by atoms with E-state index in [1.165, 1.54) is 5.56 Å². The van der Waals surface area contributed by atoms with Crippen molar-refractivity contribution in [3.63, 3.8) is 0 Å². The Bertz CT molecular complexity index is 355. The predicted molar refractivity (Wildman–Crippen MR) is 53.9 cm³/mol. The summed E-state index contributed by atoms with van der Waals surface area (Å²) in [4.78, 5) is 10.8. The molecule has 2 fully saturated rings. The Kier molecular flexibility index (Phi) is 1.49. The number of nitrogens with one attached hydrogen (secondary N) is 1. The highest BCUT2D eigenvalue weighted by atomic mass is 16.2. The largest absolute Gasteiger partial charge is 0.350 e. The molecule has 1 aromatic carbocycles. The standard InChI is InChI=1S/C12H13NO/c14-11-8-12(13-11)6-10(7-12)9-4-2-1-3-5-9/h1-5,10H,6-8H2,(H,13,14). The summed E-state index contributed by atoms with van der Waals surface area (Å²) in [5.74, 6) is 0.883. The molecule has 1 aliphatic carbocycles. The quantitative estimate of drug-likeness (QED) is 0.668. The van der Waals surface area contributed by atoms with Gasteiger partial charge in [0.05, 0.1) is 0 Å². The van der Waals surface area contributed by atoms with Gasteiger partial charge in [-0.05, 0) is 24.3 Å². The number of hydrogen-bond donors (Lipinski definition) is 1. The maximum atomic E-state index is 10.8. The highest BCUT2D eigenvalue weighted by molar-refractivity contribution is 5.85. The average Bonchev–Trinajstić information content (AvgIpc) is 2.10. The van der Waals surface area contributed by atoms with Crippen molar-refractivity contribution in [1.82, 2.24) is 5.32 Å². The van der Waals surface area contributed by atoms with E-state index in [9.17, 15) is 4.79 Å². The molecular formula is C12H13NO. The molecular weight excluding hydrogens is 174 g/mol. The van der Waals surface area contributed by atoms with E-state index in [-0.39, 0.29) is 11.4 Å². The lowest BCUT2D eigenvalue weighted by atomic mass is 9.61. The second-order valence-electron chi connectivity index (χ2n) is 4.52. The zero-order valence-corrected chi connectivity index (χ0v) is 7.99. The number of carbonyl (C=O) groups is 1. The number of β-lactam (4-membered cyclic amide) rings is 1. The third-order valence-electron chi connectivity index (χ3n) is 3.45. The minimum absolute atomic E-state index is 0.192. The summed E-state index contributed by atoms with van der Waals surface area (Å²) < 4.78 is 0. The fourth-order valence-electron chi connectivity index (χ4n) is 2.68. The summed E-state index contributed by atoms with van der Waals surface area (Å²) >= 11 is 0. The summed E-state index contributed by atoms with van der Waals surface area (Å²) in [6.45, 7) is 0. The Morgan fingerprint density at radius 2 is 1.86 bits per heavy atom. The Morgan fingerprint density at radius 1 is 1.21 bits per heavy atom. The van der Waals surface area contributed by atoms with Gasteiger partial charge in [-0.3, -0.25) is 4.79 Å². The molecule has 1 heterocycles. The molecule has 0 aromatic heterocycles. The summed E-state index contributed by atoms with van der Waals surface area (Å²) in [6.07, 6.45) is 3.00. The van der Waals surface area contributed by atoms with E-state index in [0.717, 1.165) is 19.3 Å². The van der Waals surface area contributed by atoms with Crippen LogP contribution in [0.5, 0.6) is 0 Å². The average molecular weight is 187 g/mol. The smallest absolute Gasteiger partial charge is 0.222 e. The molecule has 0 unspecified atom stereocenters. The van der Waals surface area contributed by atoms with Crippen LogP contribution in [0.2, 0.25) is 0 Å². The van der Waals surface area contributed by atoms with Gasteiger partial charge in [0.1, 0.15) is 0 Å². The molecule has 1 aliphatic heterocycles. The van der Waals surface area contributed by atoms with Crippen molar-refractivity contribution in [1.29, 1.82) is 0 Å². The maximum Gasteiger partial charge on any atom is 0.222 e. The van der Waals surface area contributed by atoms with Crippen molar-refractivity contribution in [2.24, 2.45) is 0 Å². The van der Waals surface area contributed by atoms with Crippen LogP contribution in [0, 0.1) is 0 Å². The third kappa shape index (κ3) is 1.07. The molecule has 2 heteroatoms. The summed E-state index contributed by atoms with van der Waals surface area (Å²) in [5, 5.41) is 3.02. The second-order valence-corrected chi connectivity index (χ2v) is 4.52. The van der Waals surface area contributed by atoms with E-state index in [1.54, 1.807) is 0 Å². The zero-order valence-electron chi connectivity index (χ0n) is 7.99. The SMILES string of the molecule is O=C1CC2(CC(c3ccccc3)C2)N1. The van der Waals surface area contributed by atoms with Crippen LogP contribution in [0.3, 0.4) is 0 Å². The van der Waals surface area contributed by atoms with Gasteiger partial charge in [0.15, 0.2) is 0 Å². The lowest BCUT2D eigenvalue weighted by Gasteiger charge is -2.54. The van der Waals surface area contributed by atoms with Crippen molar-refractivity contribution in [3.05, 3.63) is 35.9 Å². The number of hydrogen-bond acceptors (Lipinski definition) is 1. The second kappa shape index (κ2) is 2.59. The third-order valence-corrected chi connectivity index (χ3v) is 3.45. The Morgan fingerprint density at radius 3 is 2.43 bits per heavy atom. The first kappa shape index (κ1) is 8.04. The van der Waals surface area contributed by atoms with E-state index in [0.29, 0.717) is 5.92 Å².